The molecule has 0 radical (unpaired) electrons. The van der Waals surface area contributed by atoms with Crippen LogP contribution < -0.4 is 15.4 Å². The lowest BCUT2D eigenvalue weighted by molar-refractivity contribution is -0.121. The molecule has 8 nitrogen and oxygen atoms in total. The smallest absolute Gasteiger partial charge is 0.335 e. The van der Waals surface area contributed by atoms with Crippen molar-refractivity contribution in [2.75, 3.05) is 11.9 Å². The van der Waals surface area contributed by atoms with Crippen LogP contribution in [0.25, 0.3) is 0 Å². The molecule has 1 aliphatic rings. The van der Waals surface area contributed by atoms with Gasteiger partial charge in [-0.15, -0.1) is 0 Å². The molecule has 2 aromatic rings. The number of carbonyl (C=O) groups excluding carboxylic acids is 3. The van der Waals surface area contributed by atoms with Crippen LogP contribution in [0.15, 0.2) is 42.5 Å². The van der Waals surface area contributed by atoms with Crippen molar-refractivity contribution in [3.63, 3.8) is 0 Å². The molecule has 1 heterocycles. The number of aromatic carboxylic acids is 1. The van der Waals surface area contributed by atoms with Crippen LogP contribution in [0.5, 0.6) is 5.75 Å². The number of rotatable bonds is 7. The fourth-order valence-corrected chi connectivity index (χ4v) is 2.68. The van der Waals surface area contributed by atoms with Gasteiger partial charge in [0.15, 0.2) is 12.4 Å². The van der Waals surface area contributed by atoms with E-state index in [9.17, 15) is 19.2 Å². The van der Waals surface area contributed by atoms with Crippen LogP contribution in [0, 0.1) is 0 Å². The quantitative estimate of drug-likeness (QED) is 0.630. The van der Waals surface area contributed by atoms with Crippen LogP contribution >= 0.6 is 0 Å². The van der Waals surface area contributed by atoms with Gasteiger partial charge in [-0.1, -0.05) is 12.1 Å². The van der Waals surface area contributed by atoms with Crippen LogP contribution in [0.4, 0.5) is 5.69 Å². The number of hydrogen-bond donors (Lipinski definition) is 3. The van der Waals surface area contributed by atoms with E-state index >= 15 is 0 Å². The van der Waals surface area contributed by atoms with Crippen molar-refractivity contribution in [2.24, 2.45) is 0 Å². The summed E-state index contributed by atoms with van der Waals surface area (Å²) in [5, 5.41) is 14.2. The lowest BCUT2D eigenvalue weighted by Crippen LogP contribution is -2.25. The van der Waals surface area contributed by atoms with Crippen LogP contribution in [0.2, 0.25) is 0 Å². The van der Waals surface area contributed by atoms with E-state index in [0.29, 0.717) is 17.0 Å². The average Bonchev–Trinajstić information content (AvgIpc) is 2.70. The number of carboxylic acids is 1. The van der Waals surface area contributed by atoms with Crippen molar-refractivity contribution in [2.45, 2.75) is 19.4 Å². The number of benzene rings is 2. The number of fused-ring (bicyclic) bond motifs is 1. The van der Waals surface area contributed by atoms with E-state index in [-0.39, 0.29) is 49.2 Å². The molecule has 0 atom stereocenters. The minimum Gasteiger partial charge on any atom is -0.482 e. The van der Waals surface area contributed by atoms with Gasteiger partial charge >= 0.3 is 5.97 Å². The number of carbonyl (C=O) groups is 4. The topological polar surface area (TPSA) is 122 Å². The lowest BCUT2D eigenvalue weighted by Gasteiger charge is -2.18. The second-order valence-corrected chi connectivity index (χ2v) is 6.25. The predicted octanol–water partition coefficient (Wildman–Crippen LogP) is 1.99. The Kier molecular flexibility index (Phi) is 5.69. The first kappa shape index (κ1) is 19.1. The molecule has 0 bridgehead atoms. The van der Waals surface area contributed by atoms with Gasteiger partial charge in [-0.2, -0.15) is 0 Å². The van der Waals surface area contributed by atoms with E-state index in [1.165, 1.54) is 18.2 Å². The third kappa shape index (κ3) is 4.73. The molecule has 8 heteroatoms. The van der Waals surface area contributed by atoms with Crippen molar-refractivity contribution < 1.29 is 29.0 Å². The van der Waals surface area contributed by atoms with Crippen molar-refractivity contribution in [3.05, 3.63) is 59.2 Å². The van der Waals surface area contributed by atoms with Gasteiger partial charge in [0, 0.05) is 24.9 Å². The first-order chi connectivity index (χ1) is 13.4. The zero-order valence-electron chi connectivity index (χ0n) is 14.9. The van der Waals surface area contributed by atoms with E-state index in [1.54, 1.807) is 24.3 Å². The van der Waals surface area contributed by atoms with Crippen molar-refractivity contribution in [3.8, 4) is 5.75 Å². The highest BCUT2D eigenvalue weighted by atomic mass is 16.5. The number of ether oxygens (including phenoxy) is 1. The SMILES string of the molecule is O=C(CCC(=O)c1ccc2c(c1)NC(=O)CO2)NCc1ccc(C(=O)O)cc1. The van der Waals surface area contributed by atoms with Crippen LogP contribution in [0.1, 0.15) is 39.1 Å². The normalized spacial score (nSPS) is 12.4. The molecule has 0 aliphatic carbocycles. The molecule has 1 aliphatic heterocycles. The predicted molar refractivity (Wildman–Crippen MR) is 99.4 cm³/mol. The summed E-state index contributed by atoms with van der Waals surface area (Å²) in [6.07, 6.45) is 0.0450. The second-order valence-electron chi connectivity index (χ2n) is 6.25. The zero-order valence-corrected chi connectivity index (χ0v) is 14.9. The van der Waals surface area contributed by atoms with Gasteiger partial charge in [0.05, 0.1) is 11.3 Å². The maximum atomic E-state index is 12.3. The van der Waals surface area contributed by atoms with Gasteiger partial charge in [-0.3, -0.25) is 14.4 Å². The Morgan fingerprint density at radius 3 is 2.46 bits per heavy atom. The molecule has 144 valence electrons. The number of nitrogens with one attached hydrogen (secondary N) is 2. The first-order valence-electron chi connectivity index (χ1n) is 8.61. The largest absolute Gasteiger partial charge is 0.482 e. The number of hydrogen-bond acceptors (Lipinski definition) is 5. The van der Waals surface area contributed by atoms with E-state index in [1.807, 2.05) is 0 Å². The Hall–Kier alpha value is -3.68. The Morgan fingerprint density at radius 2 is 1.75 bits per heavy atom. The fraction of sp³-hybridized carbons (Fsp3) is 0.200. The highest BCUT2D eigenvalue weighted by Gasteiger charge is 2.18. The second kappa shape index (κ2) is 8.34. The van der Waals surface area contributed by atoms with E-state index in [0.717, 1.165) is 5.56 Å². The van der Waals surface area contributed by atoms with E-state index < -0.39 is 5.97 Å². The van der Waals surface area contributed by atoms with E-state index in [4.69, 9.17) is 9.84 Å². The third-order valence-electron chi connectivity index (χ3n) is 4.20. The molecule has 0 saturated heterocycles. The molecule has 2 aromatic carbocycles. The summed E-state index contributed by atoms with van der Waals surface area (Å²) in [5.41, 5.74) is 1.76. The minimum atomic E-state index is -1.01. The molecular formula is C20H18N2O6. The molecule has 0 aromatic heterocycles. The minimum absolute atomic E-state index is 0.0198. The molecule has 28 heavy (non-hydrogen) atoms. The summed E-state index contributed by atoms with van der Waals surface area (Å²) in [4.78, 5) is 46.4. The summed E-state index contributed by atoms with van der Waals surface area (Å²) in [7, 11) is 0. The zero-order chi connectivity index (χ0) is 20.1. The number of carboxylic acid groups (broad SMARTS) is 1. The maximum absolute atomic E-state index is 12.3. The summed E-state index contributed by atoms with van der Waals surface area (Å²) in [6.45, 7) is 0.189. The molecule has 3 rings (SSSR count). The number of Topliss-reactive ketones (excluding diaryl/α,β-unsaturated/α-hetero) is 1. The van der Waals surface area contributed by atoms with Crippen molar-refractivity contribution in [1.82, 2.24) is 5.32 Å². The first-order valence-corrected chi connectivity index (χ1v) is 8.61. The maximum Gasteiger partial charge on any atom is 0.335 e. The number of ketones is 1. The molecule has 0 unspecified atom stereocenters. The molecule has 0 spiro atoms. The van der Waals surface area contributed by atoms with Gasteiger partial charge in [0.25, 0.3) is 5.91 Å². The standard InChI is InChI=1S/C20H18N2O6/c23-16(14-5-7-17-15(9-14)22-19(25)11-28-17)6-8-18(24)21-10-12-1-3-13(4-2-12)20(26)27/h1-5,7,9H,6,8,10-11H2,(H,21,24)(H,22,25)(H,26,27). The Morgan fingerprint density at radius 1 is 1.04 bits per heavy atom. The molecular weight excluding hydrogens is 364 g/mol. The summed E-state index contributed by atoms with van der Waals surface area (Å²) in [6, 6.07) is 10.9. The molecule has 0 fully saturated rings. The van der Waals surface area contributed by atoms with Crippen molar-refractivity contribution in [1.29, 1.82) is 0 Å². The van der Waals surface area contributed by atoms with Gasteiger partial charge in [-0.05, 0) is 35.9 Å². The lowest BCUT2D eigenvalue weighted by atomic mass is 10.0. The Labute approximate surface area is 160 Å². The van der Waals surface area contributed by atoms with Crippen LogP contribution in [-0.2, 0) is 16.1 Å². The van der Waals surface area contributed by atoms with Gasteiger partial charge in [0.2, 0.25) is 5.91 Å². The van der Waals surface area contributed by atoms with Crippen molar-refractivity contribution >= 4 is 29.3 Å². The monoisotopic (exact) mass is 382 g/mol. The molecule has 2 amide bonds. The highest BCUT2D eigenvalue weighted by Crippen LogP contribution is 2.28. The number of anilines is 1. The fourth-order valence-electron chi connectivity index (χ4n) is 2.68. The molecule has 3 N–H and O–H groups in total. The van der Waals surface area contributed by atoms with E-state index in [2.05, 4.69) is 10.6 Å². The summed E-state index contributed by atoms with van der Waals surface area (Å²) < 4.78 is 5.24. The summed E-state index contributed by atoms with van der Waals surface area (Å²) >= 11 is 0. The highest BCUT2D eigenvalue weighted by molar-refractivity contribution is 6.01. The van der Waals surface area contributed by atoms with Gasteiger partial charge in [0.1, 0.15) is 5.75 Å². The Bertz CT molecular complexity index is 936. The third-order valence-corrected chi connectivity index (χ3v) is 4.20. The molecule has 0 saturated carbocycles. The van der Waals surface area contributed by atoms with Crippen LogP contribution in [0.3, 0.4) is 0 Å². The number of amides is 2. The average molecular weight is 382 g/mol. The van der Waals surface area contributed by atoms with Crippen LogP contribution in [-0.4, -0.2) is 35.3 Å². The van der Waals surface area contributed by atoms with Gasteiger partial charge in [-0.25, -0.2) is 4.79 Å². The van der Waals surface area contributed by atoms with Gasteiger partial charge < -0.3 is 20.5 Å². The summed E-state index contributed by atoms with van der Waals surface area (Å²) in [5.74, 6) is -1.30. The Balaban J connectivity index is 1.49.